The molecule has 7 nitrogen and oxygen atoms in total. The molecule has 0 heterocycles. The first-order valence-corrected chi connectivity index (χ1v) is 12.5. The van der Waals surface area contributed by atoms with Gasteiger partial charge in [-0.2, -0.15) is 0 Å². The predicted octanol–water partition coefficient (Wildman–Crippen LogP) is 2.60. The van der Waals surface area contributed by atoms with Gasteiger partial charge in [0.25, 0.3) is 5.91 Å². The minimum Gasteiger partial charge on any atom is -0.383 e. The molecule has 0 aliphatic heterocycles. The van der Waals surface area contributed by atoms with Crippen LogP contribution in [0.3, 0.4) is 0 Å². The number of nitrogens with zero attached hydrogens (tertiary/aromatic N) is 1. The van der Waals surface area contributed by atoms with E-state index in [1.807, 2.05) is 18.2 Å². The van der Waals surface area contributed by atoms with Crippen molar-refractivity contribution >= 4 is 15.9 Å². The lowest BCUT2D eigenvalue weighted by atomic mass is 10.0. The highest BCUT2D eigenvalue weighted by atomic mass is 32.2. The number of likely N-dealkylation sites (N-methyl/N-ethyl adjacent to an activating group) is 1. The number of hydrogen-bond acceptors (Lipinski definition) is 5. The number of methoxy groups -OCH3 is 1. The molecule has 0 aliphatic rings. The Morgan fingerprint density at radius 3 is 2.41 bits per heavy atom. The first kappa shape index (κ1) is 26.0. The quantitative estimate of drug-likeness (QED) is 0.448. The summed E-state index contributed by atoms with van der Waals surface area (Å²) in [6, 6.07) is 14.9. The van der Waals surface area contributed by atoms with E-state index in [1.165, 1.54) is 24.8 Å². The van der Waals surface area contributed by atoms with Gasteiger partial charge in [0, 0.05) is 31.8 Å². The highest BCUT2D eigenvalue weighted by Crippen LogP contribution is 2.16. The van der Waals surface area contributed by atoms with Gasteiger partial charge in [0.1, 0.15) is 0 Å². The maximum absolute atomic E-state index is 13.0. The summed E-state index contributed by atoms with van der Waals surface area (Å²) in [4.78, 5) is 15.4. The molecule has 0 saturated carbocycles. The molecule has 2 aromatic rings. The van der Waals surface area contributed by atoms with Gasteiger partial charge in [-0.15, -0.1) is 0 Å². The topological polar surface area (TPSA) is 87.7 Å². The Morgan fingerprint density at radius 2 is 1.78 bits per heavy atom. The molecule has 176 valence electrons. The summed E-state index contributed by atoms with van der Waals surface area (Å²) in [6.07, 6.45) is 0.819. The normalized spacial score (nSPS) is 12.7. The van der Waals surface area contributed by atoms with Gasteiger partial charge in [-0.3, -0.25) is 9.69 Å². The zero-order valence-corrected chi connectivity index (χ0v) is 20.2. The second-order valence-electron chi connectivity index (χ2n) is 7.64. The Morgan fingerprint density at radius 1 is 1.09 bits per heavy atom. The number of amides is 1. The van der Waals surface area contributed by atoms with E-state index in [1.54, 1.807) is 13.0 Å². The SMILES string of the molecule is CCN(CC)C(CNC(=O)c1cc(S(=O)(=O)NCCOC)ccc1C)Cc1ccccc1. The minimum absolute atomic E-state index is 0.0638. The summed E-state index contributed by atoms with van der Waals surface area (Å²) in [5.41, 5.74) is 2.29. The fourth-order valence-electron chi connectivity index (χ4n) is 3.64. The Balaban J connectivity index is 2.15. The van der Waals surface area contributed by atoms with Crippen molar-refractivity contribution in [1.82, 2.24) is 14.9 Å². The molecule has 1 unspecified atom stereocenters. The predicted molar refractivity (Wildman–Crippen MR) is 127 cm³/mol. The van der Waals surface area contributed by atoms with Crippen LogP contribution in [-0.4, -0.2) is 65.2 Å². The van der Waals surface area contributed by atoms with Gasteiger partial charge in [-0.25, -0.2) is 13.1 Å². The molecule has 0 aromatic heterocycles. The molecule has 0 fully saturated rings. The van der Waals surface area contributed by atoms with E-state index in [-0.39, 0.29) is 30.0 Å². The fraction of sp³-hybridized carbons (Fsp3) is 0.458. The monoisotopic (exact) mass is 461 g/mol. The van der Waals surface area contributed by atoms with Crippen LogP contribution in [0.5, 0.6) is 0 Å². The number of sulfonamides is 1. The molecule has 0 aliphatic carbocycles. The minimum atomic E-state index is -3.72. The first-order chi connectivity index (χ1) is 15.3. The fourth-order valence-corrected chi connectivity index (χ4v) is 4.68. The van der Waals surface area contributed by atoms with Gasteiger partial charge in [0.15, 0.2) is 0 Å². The molecule has 2 aromatic carbocycles. The van der Waals surface area contributed by atoms with E-state index >= 15 is 0 Å². The summed E-state index contributed by atoms with van der Waals surface area (Å²) in [5, 5.41) is 3.02. The Hall–Kier alpha value is -2.26. The zero-order chi connectivity index (χ0) is 23.6. The van der Waals surface area contributed by atoms with Crippen molar-refractivity contribution in [3.63, 3.8) is 0 Å². The van der Waals surface area contributed by atoms with E-state index in [0.717, 1.165) is 25.1 Å². The van der Waals surface area contributed by atoms with Crippen LogP contribution in [0.4, 0.5) is 0 Å². The van der Waals surface area contributed by atoms with Crippen molar-refractivity contribution in [3.05, 3.63) is 65.2 Å². The lowest BCUT2D eigenvalue weighted by Gasteiger charge is -2.30. The maximum Gasteiger partial charge on any atom is 0.251 e. The number of ether oxygens (including phenoxy) is 1. The van der Waals surface area contributed by atoms with Crippen LogP contribution >= 0.6 is 0 Å². The number of benzene rings is 2. The highest BCUT2D eigenvalue weighted by molar-refractivity contribution is 7.89. The summed E-state index contributed by atoms with van der Waals surface area (Å²) < 4.78 is 32.4. The van der Waals surface area contributed by atoms with Gasteiger partial charge in [0.05, 0.1) is 11.5 Å². The summed E-state index contributed by atoms with van der Waals surface area (Å²) >= 11 is 0. The molecule has 1 atom stereocenters. The Labute approximate surface area is 192 Å². The van der Waals surface area contributed by atoms with Crippen LogP contribution in [0.2, 0.25) is 0 Å². The first-order valence-electron chi connectivity index (χ1n) is 11.0. The third kappa shape index (κ3) is 7.41. The molecule has 0 radical (unpaired) electrons. The third-order valence-corrected chi connectivity index (χ3v) is 6.96. The van der Waals surface area contributed by atoms with Crippen LogP contribution in [-0.2, 0) is 21.2 Å². The molecule has 0 spiro atoms. The number of carbonyl (C=O) groups excluding carboxylic acids is 1. The van der Waals surface area contributed by atoms with Gasteiger partial charge in [-0.1, -0.05) is 50.2 Å². The second-order valence-corrected chi connectivity index (χ2v) is 9.41. The van der Waals surface area contributed by atoms with Gasteiger partial charge in [0.2, 0.25) is 10.0 Å². The average Bonchev–Trinajstić information content (AvgIpc) is 2.78. The third-order valence-electron chi connectivity index (χ3n) is 5.50. The molecule has 0 saturated heterocycles. The van der Waals surface area contributed by atoms with Crippen molar-refractivity contribution in [2.75, 3.05) is 39.9 Å². The van der Waals surface area contributed by atoms with Crippen molar-refractivity contribution in [2.24, 2.45) is 0 Å². The van der Waals surface area contributed by atoms with E-state index < -0.39 is 10.0 Å². The summed E-state index contributed by atoms with van der Waals surface area (Å²) in [7, 11) is -2.21. The lowest BCUT2D eigenvalue weighted by molar-refractivity contribution is 0.0934. The largest absolute Gasteiger partial charge is 0.383 e. The van der Waals surface area contributed by atoms with E-state index in [0.29, 0.717) is 12.1 Å². The number of aryl methyl sites for hydroxylation is 1. The molecule has 1 amide bonds. The van der Waals surface area contributed by atoms with E-state index in [4.69, 9.17) is 4.74 Å². The van der Waals surface area contributed by atoms with Crippen molar-refractivity contribution in [3.8, 4) is 0 Å². The number of hydrogen-bond donors (Lipinski definition) is 2. The zero-order valence-electron chi connectivity index (χ0n) is 19.4. The second kappa shape index (κ2) is 12.7. The van der Waals surface area contributed by atoms with Gasteiger partial charge < -0.3 is 10.1 Å². The molecule has 2 rings (SSSR count). The smallest absolute Gasteiger partial charge is 0.251 e. The maximum atomic E-state index is 13.0. The van der Waals surface area contributed by atoms with Crippen molar-refractivity contribution in [1.29, 1.82) is 0 Å². The number of carbonyl (C=O) groups is 1. The van der Waals surface area contributed by atoms with Gasteiger partial charge in [-0.05, 0) is 49.7 Å². The van der Waals surface area contributed by atoms with E-state index in [9.17, 15) is 13.2 Å². The number of nitrogens with one attached hydrogen (secondary N) is 2. The molecule has 8 heteroatoms. The standard InChI is InChI=1S/C24H35N3O4S/c1-5-27(6-2)21(16-20-10-8-7-9-11-20)18-25-24(28)23-17-22(13-12-19(23)3)32(29,30)26-14-15-31-4/h7-13,17,21,26H,5-6,14-16,18H2,1-4H3,(H,25,28). The van der Waals surface area contributed by atoms with Crippen LogP contribution in [0.25, 0.3) is 0 Å². The van der Waals surface area contributed by atoms with Crippen LogP contribution in [0.1, 0.15) is 35.3 Å². The summed E-state index contributed by atoms with van der Waals surface area (Å²) in [6.45, 7) is 8.68. The van der Waals surface area contributed by atoms with Crippen LogP contribution < -0.4 is 10.0 Å². The van der Waals surface area contributed by atoms with E-state index in [2.05, 4.69) is 40.9 Å². The molecular formula is C24H35N3O4S. The van der Waals surface area contributed by atoms with Crippen molar-refractivity contribution < 1.29 is 17.9 Å². The Bertz CT molecular complexity index is 960. The lowest BCUT2D eigenvalue weighted by Crippen LogP contribution is -2.45. The highest BCUT2D eigenvalue weighted by Gasteiger charge is 2.20. The molecule has 0 bridgehead atoms. The average molecular weight is 462 g/mol. The Kier molecular flexibility index (Phi) is 10.3. The van der Waals surface area contributed by atoms with Crippen molar-refractivity contribution in [2.45, 2.75) is 38.1 Å². The molecule has 32 heavy (non-hydrogen) atoms. The van der Waals surface area contributed by atoms with Crippen LogP contribution in [0, 0.1) is 6.92 Å². The molecular weight excluding hydrogens is 426 g/mol. The molecule has 2 N–H and O–H groups in total. The van der Waals surface area contributed by atoms with Gasteiger partial charge >= 0.3 is 0 Å². The summed E-state index contributed by atoms with van der Waals surface area (Å²) in [5.74, 6) is -0.276. The number of rotatable bonds is 13. The van der Waals surface area contributed by atoms with Crippen LogP contribution in [0.15, 0.2) is 53.4 Å².